The number of amides is 1. The van der Waals surface area contributed by atoms with Gasteiger partial charge in [0, 0.05) is 19.3 Å². The van der Waals surface area contributed by atoms with Gasteiger partial charge in [0.2, 0.25) is 0 Å². The van der Waals surface area contributed by atoms with E-state index in [0.717, 1.165) is 5.56 Å². The molecule has 0 saturated carbocycles. The molecule has 6 heteroatoms. The lowest BCUT2D eigenvalue weighted by molar-refractivity contribution is 0.0957. The van der Waals surface area contributed by atoms with E-state index in [-0.39, 0.29) is 5.91 Å². The minimum Gasteiger partial charge on any atom is -0.493 e. The summed E-state index contributed by atoms with van der Waals surface area (Å²) in [6, 6.07) is 9.20. The summed E-state index contributed by atoms with van der Waals surface area (Å²) >= 11 is 0. The molecule has 2 aromatic rings. The second-order valence-electron chi connectivity index (χ2n) is 4.97. The van der Waals surface area contributed by atoms with Crippen LogP contribution in [-0.4, -0.2) is 31.7 Å². The molecule has 6 nitrogen and oxygen atoms in total. The van der Waals surface area contributed by atoms with Crippen LogP contribution in [0.5, 0.6) is 11.5 Å². The molecular weight excluding hydrogens is 306 g/mol. The van der Waals surface area contributed by atoms with E-state index in [1.54, 1.807) is 32.4 Å². The zero-order valence-corrected chi connectivity index (χ0v) is 13.8. The second-order valence-corrected chi connectivity index (χ2v) is 4.97. The fourth-order valence-corrected chi connectivity index (χ4v) is 2.08. The second kappa shape index (κ2) is 8.57. The Kier molecular flexibility index (Phi) is 6.19. The Morgan fingerprint density at radius 3 is 2.62 bits per heavy atom. The molecule has 1 heterocycles. The summed E-state index contributed by atoms with van der Waals surface area (Å²) in [7, 11) is 3.21. The van der Waals surface area contributed by atoms with Gasteiger partial charge in [-0.3, -0.25) is 4.79 Å². The molecule has 1 amide bonds. The summed E-state index contributed by atoms with van der Waals surface area (Å²) in [5, 5.41) is 5.91. The van der Waals surface area contributed by atoms with Crippen LogP contribution in [0.4, 0.5) is 5.82 Å². The molecule has 0 radical (unpaired) electrons. The summed E-state index contributed by atoms with van der Waals surface area (Å²) in [5.74, 6) is 1.88. The van der Waals surface area contributed by atoms with Crippen molar-refractivity contribution in [1.29, 1.82) is 0 Å². The highest BCUT2D eigenvalue weighted by Gasteiger charge is 2.06. The molecule has 1 aromatic carbocycles. The third-order valence-electron chi connectivity index (χ3n) is 3.35. The Hall–Kier alpha value is -3.02. The topological polar surface area (TPSA) is 72.5 Å². The molecule has 126 valence electrons. The van der Waals surface area contributed by atoms with Crippen LogP contribution in [0.2, 0.25) is 0 Å². The number of ether oxygens (including phenoxy) is 2. The van der Waals surface area contributed by atoms with E-state index in [4.69, 9.17) is 9.47 Å². The molecule has 0 saturated heterocycles. The lowest BCUT2D eigenvalue weighted by Gasteiger charge is -2.11. The van der Waals surface area contributed by atoms with E-state index in [1.807, 2.05) is 18.2 Å². The fourth-order valence-electron chi connectivity index (χ4n) is 2.08. The van der Waals surface area contributed by atoms with Crippen molar-refractivity contribution in [3.8, 4) is 11.5 Å². The van der Waals surface area contributed by atoms with Gasteiger partial charge in [-0.15, -0.1) is 6.58 Å². The first-order valence-electron chi connectivity index (χ1n) is 7.48. The van der Waals surface area contributed by atoms with E-state index >= 15 is 0 Å². The lowest BCUT2D eigenvalue weighted by Crippen LogP contribution is -2.23. The monoisotopic (exact) mass is 327 g/mol. The van der Waals surface area contributed by atoms with Crippen LogP contribution in [0.1, 0.15) is 15.9 Å². The van der Waals surface area contributed by atoms with Crippen molar-refractivity contribution in [2.75, 3.05) is 26.1 Å². The summed E-state index contributed by atoms with van der Waals surface area (Å²) in [6.07, 6.45) is 3.17. The van der Waals surface area contributed by atoms with Crippen molar-refractivity contribution < 1.29 is 14.3 Å². The van der Waals surface area contributed by atoms with Crippen molar-refractivity contribution in [3.63, 3.8) is 0 Å². The van der Waals surface area contributed by atoms with Crippen LogP contribution in [0, 0.1) is 0 Å². The van der Waals surface area contributed by atoms with E-state index in [9.17, 15) is 4.79 Å². The van der Waals surface area contributed by atoms with Gasteiger partial charge in [0.25, 0.3) is 5.91 Å². The standard InChI is InChI=1S/C18H21N3O3/c1-4-9-19-18(22)14-6-8-17(21-12-14)20-11-13-5-7-15(23-2)16(10-13)24-3/h4-8,10,12H,1,9,11H2,2-3H3,(H,19,22)(H,20,21). The fraction of sp³-hybridized carbons (Fsp3) is 0.222. The first-order valence-corrected chi connectivity index (χ1v) is 7.48. The number of carbonyl (C=O) groups excluding carboxylic acids is 1. The molecule has 0 aliphatic rings. The van der Waals surface area contributed by atoms with E-state index < -0.39 is 0 Å². The lowest BCUT2D eigenvalue weighted by atomic mass is 10.2. The van der Waals surface area contributed by atoms with Crippen LogP contribution in [0.25, 0.3) is 0 Å². The number of nitrogens with zero attached hydrogens (tertiary/aromatic N) is 1. The number of carbonyl (C=O) groups is 1. The van der Waals surface area contributed by atoms with Crippen LogP contribution >= 0.6 is 0 Å². The third-order valence-corrected chi connectivity index (χ3v) is 3.35. The molecule has 1 aromatic heterocycles. The van der Waals surface area contributed by atoms with Gasteiger partial charge in [-0.2, -0.15) is 0 Å². The Bertz CT molecular complexity index is 699. The Balaban J connectivity index is 1.97. The molecule has 0 unspecified atom stereocenters. The van der Waals surface area contributed by atoms with Gasteiger partial charge in [-0.05, 0) is 29.8 Å². The molecular formula is C18H21N3O3. The number of nitrogens with one attached hydrogen (secondary N) is 2. The maximum absolute atomic E-state index is 11.8. The molecule has 24 heavy (non-hydrogen) atoms. The van der Waals surface area contributed by atoms with Gasteiger partial charge in [0.05, 0.1) is 19.8 Å². The molecule has 2 rings (SSSR count). The van der Waals surface area contributed by atoms with Gasteiger partial charge >= 0.3 is 0 Å². The number of benzene rings is 1. The van der Waals surface area contributed by atoms with Gasteiger partial charge in [0.15, 0.2) is 11.5 Å². The zero-order valence-electron chi connectivity index (χ0n) is 13.8. The molecule has 0 atom stereocenters. The van der Waals surface area contributed by atoms with Crippen molar-refractivity contribution in [2.45, 2.75) is 6.54 Å². The smallest absolute Gasteiger partial charge is 0.253 e. The molecule has 0 fully saturated rings. The quantitative estimate of drug-likeness (QED) is 0.729. The summed E-state index contributed by atoms with van der Waals surface area (Å²) in [4.78, 5) is 16.0. The number of pyridine rings is 1. The molecule has 0 spiro atoms. The first-order chi connectivity index (χ1) is 11.7. The molecule has 0 aliphatic heterocycles. The minimum absolute atomic E-state index is 0.172. The highest BCUT2D eigenvalue weighted by Crippen LogP contribution is 2.27. The number of rotatable bonds is 8. The van der Waals surface area contributed by atoms with Crippen LogP contribution in [0.15, 0.2) is 49.2 Å². The van der Waals surface area contributed by atoms with Crippen molar-refractivity contribution in [2.24, 2.45) is 0 Å². The third kappa shape index (κ3) is 4.49. The van der Waals surface area contributed by atoms with Gasteiger partial charge < -0.3 is 20.1 Å². The van der Waals surface area contributed by atoms with Crippen LogP contribution in [0.3, 0.4) is 0 Å². The summed E-state index contributed by atoms with van der Waals surface area (Å²) in [6.45, 7) is 4.57. The van der Waals surface area contributed by atoms with E-state index in [1.165, 1.54) is 6.20 Å². The van der Waals surface area contributed by atoms with E-state index in [0.29, 0.717) is 36.0 Å². The highest BCUT2D eigenvalue weighted by atomic mass is 16.5. The van der Waals surface area contributed by atoms with Gasteiger partial charge in [-0.1, -0.05) is 12.1 Å². The normalized spacial score (nSPS) is 9.92. The van der Waals surface area contributed by atoms with E-state index in [2.05, 4.69) is 22.2 Å². The number of hydrogen-bond donors (Lipinski definition) is 2. The van der Waals surface area contributed by atoms with Crippen LogP contribution in [-0.2, 0) is 6.54 Å². The Morgan fingerprint density at radius 1 is 1.21 bits per heavy atom. The largest absolute Gasteiger partial charge is 0.493 e. The highest BCUT2D eigenvalue weighted by molar-refractivity contribution is 5.94. The average molecular weight is 327 g/mol. The molecule has 2 N–H and O–H groups in total. The number of aromatic nitrogens is 1. The molecule has 0 aliphatic carbocycles. The number of methoxy groups -OCH3 is 2. The number of anilines is 1. The Morgan fingerprint density at radius 2 is 2.00 bits per heavy atom. The summed E-state index contributed by atoms with van der Waals surface area (Å²) in [5.41, 5.74) is 1.54. The SMILES string of the molecule is C=CCNC(=O)c1ccc(NCc2ccc(OC)c(OC)c2)nc1. The first kappa shape index (κ1) is 17.3. The van der Waals surface area contributed by atoms with Crippen molar-refractivity contribution in [3.05, 3.63) is 60.3 Å². The molecule has 0 bridgehead atoms. The maximum atomic E-state index is 11.8. The number of hydrogen-bond acceptors (Lipinski definition) is 5. The van der Waals surface area contributed by atoms with Gasteiger partial charge in [0.1, 0.15) is 5.82 Å². The summed E-state index contributed by atoms with van der Waals surface area (Å²) < 4.78 is 10.5. The predicted octanol–water partition coefficient (Wildman–Crippen LogP) is 2.63. The van der Waals surface area contributed by atoms with Crippen molar-refractivity contribution >= 4 is 11.7 Å². The zero-order chi connectivity index (χ0) is 17.4. The minimum atomic E-state index is -0.172. The Labute approximate surface area is 141 Å². The van der Waals surface area contributed by atoms with Crippen LogP contribution < -0.4 is 20.1 Å². The average Bonchev–Trinajstić information content (AvgIpc) is 2.64. The predicted molar refractivity (Wildman–Crippen MR) is 93.6 cm³/mol. The van der Waals surface area contributed by atoms with Gasteiger partial charge in [-0.25, -0.2) is 4.98 Å². The van der Waals surface area contributed by atoms with Crippen molar-refractivity contribution in [1.82, 2.24) is 10.3 Å². The maximum Gasteiger partial charge on any atom is 0.253 e.